The van der Waals surface area contributed by atoms with Gasteiger partial charge in [0.15, 0.2) is 0 Å². The molecule has 112 valence electrons. The molecular weight excluding hydrogens is 272 g/mol. The summed E-state index contributed by atoms with van der Waals surface area (Å²) < 4.78 is 5.60. The van der Waals surface area contributed by atoms with Gasteiger partial charge in [-0.15, -0.1) is 0 Å². The van der Waals surface area contributed by atoms with E-state index in [9.17, 15) is 0 Å². The van der Waals surface area contributed by atoms with Crippen molar-refractivity contribution in [3.8, 4) is 0 Å². The van der Waals surface area contributed by atoms with Crippen LogP contribution in [0.4, 0.5) is 0 Å². The lowest BCUT2D eigenvalue weighted by atomic mass is 10.1. The van der Waals surface area contributed by atoms with Crippen LogP contribution in [-0.4, -0.2) is 44.3 Å². The minimum Gasteiger partial charge on any atom is -0.377 e. The van der Waals surface area contributed by atoms with Gasteiger partial charge in [-0.05, 0) is 38.4 Å². The Bertz CT molecular complexity index is 407. The van der Waals surface area contributed by atoms with Gasteiger partial charge in [0.1, 0.15) is 0 Å². The van der Waals surface area contributed by atoms with Gasteiger partial charge in [-0.3, -0.25) is 4.90 Å². The maximum atomic E-state index is 6.25. The van der Waals surface area contributed by atoms with E-state index in [-0.39, 0.29) is 0 Å². The number of benzene rings is 1. The average molecular weight is 297 g/mol. The van der Waals surface area contributed by atoms with E-state index in [0.29, 0.717) is 12.1 Å². The van der Waals surface area contributed by atoms with Gasteiger partial charge < -0.3 is 10.1 Å². The highest BCUT2D eigenvalue weighted by molar-refractivity contribution is 6.31. The zero-order valence-electron chi connectivity index (χ0n) is 12.4. The number of hydrogen-bond donors (Lipinski definition) is 1. The van der Waals surface area contributed by atoms with Crippen molar-refractivity contribution >= 4 is 11.6 Å². The van der Waals surface area contributed by atoms with E-state index in [4.69, 9.17) is 16.3 Å². The Morgan fingerprint density at radius 3 is 2.95 bits per heavy atom. The summed E-state index contributed by atoms with van der Waals surface area (Å²) in [6, 6.07) is 8.40. The van der Waals surface area contributed by atoms with Gasteiger partial charge in [0.25, 0.3) is 0 Å². The van der Waals surface area contributed by atoms with Crippen molar-refractivity contribution in [1.82, 2.24) is 10.2 Å². The van der Waals surface area contributed by atoms with E-state index in [0.717, 1.165) is 31.3 Å². The van der Waals surface area contributed by atoms with Crippen molar-refractivity contribution < 1.29 is 4.74 Å². The van der Waals surface area contributed by atoms with Crippen LogP contribution in [0.1, 0.15) is 31.4 Å². The molecule has 0 bridgehead atoms. The molecule has 0 amide bonds. The van der Waals surface area contributed by atoms with Crippen molar-refractivity contribution in [3.05, 3.63) is 34.9 Å². The first-order valence-electron chi connectivity index (χ1n) is 7.45. The van der Waals surface area contributed by atoms with Gasteiger partial charge in [-0.25, -0.2) is 0 Å². The number of halogens is 1. The van der Waals surface area contributed by atoms with Crippen LogP contribution in [0.25, 0.3) is 0 Å². The predicted octanol–water partition coefficient (Wildman–Crippen LogP) is 3.10. The number of ether oxygens (including phenoxy) is 1. The molecule has 1 heterocycles. The fourth-order valence-corrected chi connectivity index (χ4v) is 2.86. The zero-order valence-corrected chi connectivity index (χ0v) is 13.2. The molecule has 0 aromatic heterocycles. The molecule has 0 radical (unpaired) electrons. The lowest BCUT2D eigenvalue weighted by molar-refractivity contribution is 0.109. The molecule has 0 aliphatic carbocycles. The quantitative estimate of drug-likeness (QED) is 0.783. The number of nitrogens with one attached hydrogen (secondary N) is 1. The van der Waals surface area contributed by atoms with Gasteiger partial charge in [-0.2, -0.15) is 0 Å². The predicted molar refractivity (Wildman–Crippen MR) is 84.3 cm³/mol. The molecule has 2 atom stereocenters. The number of rotatable bonds is 7. The molecule has 1 aromatic carbocycles. The summed E-state index contributed by atoms with van der Waals surface area (Å²) in [6.45, 7) is 6.07. The molecule has 4 heteroatoms. The highest BCUT2D eigenvalue weighted by Gasteiger charge is 2.16. The lowest BCUT2D eigenvalue weighted by Crippen LogP contribution is -2.34. The molecule has 0 spiro atoms. The Balaban J connectivity index is 1.71. The topological polar surface area (TPSA) is 24.5 Å². The lowest BCUT2D eigenvalue weighted by Gasteiger charge is -2.26. The van der Waals surface area contributed by atoms with Crippen molar-refractivity contribution in [2.75, 3.05) is 33.3 Å². The smallest absolute Gasteiger partial charge is 0.0700 e. The molecule has 1 aliphatic rings. The van der Waals surface area contributed by atoms with E-state index in [1.807, 2.05) is 18.2 Å². The van der Waals surface area contributed by atoms with Crippen LogP contribution < -0.4 is 5.32 Å². The summed E-state index contributed by atoms with van der Waals surface area (Å²) >= 11 is 6.25. The van der Waals surface area contributed by atoms with Crippen molar-refractivity contribution in [2.45, 2.75) is 31.9 Å². The first kappa shape index (κ1) is 15.8. The summed E-state index contributed by atoms with van der Waals surface area (Å²) in [4.78, 5) is 2.32. The minimum absolute atomic E-state index is 0.327. The molecule has 1 fully saturated rings. The third kappa shape index (κ3) is 4.45. The SMILES string of the molecule is CC(c1ccccc1Cl)N(C)CCNCC1CCCO1. The van der Waals surface area contributed by atoms with Crippen LogP contribution in [0.5, 0.6) is 0 Å². The molecule has 0 saturated carbocycles. The molecule has 20 heavy (non-hydrogen) atoms. The second-order valence-corrected chi connectivity index (χ2v) is 5.92. The largest absolute Gasteiger partial charge is 0.377 e. The third-order valence-electron chi connectivity index (χ3n) is 4.05. The van der Waals surface area contributed by atoms with Crippen LogP contribution in [0, 0.1) is 0 Å². The highest BCUT2D eigenvalue weighted by atomic mass is 35.5. The van der Waals surface area contributed by atoms with Crippen LogP contribution >= 0.6 is 11.6 Å². The number of hydrogen-bond acceptors (Lipinski definition) is 3. The molecule has 1 aliphatic heterocycles. The second kappa shape index (κ2) is 7.99. The molecule has 2 rings (SSSR count). The van der Waals surface area contributed by atoms with Gasteiger partial charge in [0, 0.05) is 37.3 Å². The Hall–Kier alpha value is -0.610. The monoisotopic (exact) mass is 296 g/mol. The number of nitrogens with zero attached hydrogens (tertiary/aromatic N) is 1. The zero-order chi connectivity index (χ0) is 14.4. The van der Waals surface area contributed by atoms with E-state index in [1.165, 1.54) is 18.4 Å². The molecular formula is C16H25ClN2O. The van der Waals surface area contributed by atoms with Crippen LogP contribution in [0.15, 0.2) is 24.3 Å². The van der Waals surface area contributed by atoms with Crippen LogP contribution in [-0.2, 0) is 4.74 Å². The van der Waals surface area contributed by atoms with Gasteiger partial charge >= 0.3 is 0 Å². The molecule has 1 N–H and O–H groups in total. The molecule has 1 aromatic rings. The number of likely N-dealkylation sites (N-methyl/N-ethyl adjacent to an activating group) is 1. The van der Waals surface area contributed by atoms with E-state index < -0.39 is 0 Å². The summed E-state index contributed by atoms with van der Waals surface area (Å²) in [5.41, 5.74) is 1.19. The second-order valence-electron chi connectivity index (χ2n) is 5.52. The standard InChI is InChI=1S/C16H25ClN2O/c1-13(15-7-3-4-8-16(15)17)19(2)10-9-18-12-14-6-5-11-20-14/h3-4,7-8,13-14,18H,5-6,9-12H2,1-2H3. The molecule has 2 unspecified atom stereocenters. The van der Waals surface area contributed by atoms with E-state index in [2.05, 4.69) is 30.3 Å². The normalized spacial score (nSPS) is 20.5. The highest BCUT2D eigenvalue weighted by Crippen LogP contribution is 2.25. The summed E-state index contributed by atoms with van der Waals surface area (Å²) in [5.74, 6) is 0. The summed E-state index contributed by atoms with van der Waals surface area (Å²) in [5, 5.41) is 4.33. The first-order chi connectivity index (χ1) is 9.68. The fourth-order valence-electron chi connectivity index (χ4n) is 2.57. The fraction of sp³-hybridized carbons (Fsp3) is 0.625. The molecule has 1 saturated heterocycles. The van der Waals surface area contributed by atoms with Crippen molar-refractivity contribution in [2.24, 2.45) is 0 Å². The Labute approximate surface area is 127 Å². The van der Waals surface area contributed by atoms with Crippen molar-refractivity contribution in [1.29, 1.82) is 0 Å². The van der Waals surface area contributed by atoms with Gasteiger partial charge in [0.05, 0.1) is 6.10 Å². The minimum atomic E-state index is 0.327. The maximum Gasteiger partial charge on any atom is 0.0700 e. The first-order valence-corrected chi connectivity index (χ1v) is 7.83. The van der Waals surface area contributed by atoms with Crippen LogP contribution in [0.3, 0.4) is 0 Å². The van der Waals surface area contributed by atoms with Gasteiger partial charge in [-0.1, -0.05) is 29.8 Å². The van der Waals surface area contributed by atoms with E-state index >= 15 is 0 Å². The summed E-state index contributed by atoms with van der Waals surface area (Å²) in [6.07, 6.45) is 2.82. The van der Waals surface area contributed by atoms with E-state index in [1.54, 1.807) is 0 Å². The van der Waals surface area contributed by atoms with Gasteiger partial charge in [0.2, 0.25) is 0 Å². The van der Waals surface area contributed by atoms with Crippen molar-refractivity contribution in [3.63, 3.8) is 0 Å². The van der Waals surface area contributed by atoms with Crippen LogP contribution in [0.2, 0.25) is 5.02 Å². The average Bonchev–Trinajstić information content (AvgIpc) is 2.96. The summed E-state index contributed by atoms with van der Waals surface area (Å²) in [7, 11) is 2.14. The Morgan fingerprint density at radius 2 is 2.25 bits per heavy atom. The molecule has 3 nitrogen and oxygen atoms in total. The third-order valence-corrected chi connectivity index (χ3v) is 4.40. The Kier molecular flexibility index (Phi) is 6.30. The maximum absolute atomic E-state index is 6.25. The Morgan fingerprint density at radius 1 is 1.45 bits per heavy atom.